The Morgan fingerprint density at radius 2 is 1.96 bits per heavy atom. The Morgan fingerprint density at radius 3 is 2.65 bits per heavy atom. The highest BCUT2D eigenvalue weighted by Gasteiger charge is 2.34. The third-order valence-electron chi connectivity index (χ3n) is 4.10. The number of rotatable bonds is 5. The molecule has 0 atom stereocenters. The highest BCUT2D eigenvalue weighted by molar-refractivity contribution is 6.33. The van der Waals surface area contributed by atoms with Crippen LogP contribution in [0.2, 0.25) is 10.2 Å². The second-order valence-electron chi connectivity index (χ2n) is 6.01. The van der Waals surface area contributed by atoms with Gasteiger partial charge in [-0.05, 0) is 37.1 Å². The van der Waals surface area contributed by atoms with Crippen molar-refractivity contribution in [3.8, 4) is 11.5 Å². The number of halogens is 2. The first-order valence-electron chi connectivity index (χ1n) is 8.11. The van der Waals surface area contributed by atoms with Gasteiger partial charge in [0, 0.05) is 12.2 Å². The average molecular weight is 389 g/mol. The van der Waals surface area contributed by atoms with Gasteiger partial charge in [-0.1, -0.05) is 35.3 Å². The summed E-state index contributed by atoms with van der Waals surface area (Å²) in [6.07, 6.45) is 3.39. The lowest BCUT2D eigenvalue weighted by atomic mass is 10.2. The molecule has 132 valence electrons. The van der Waals surface area contributed by atoms with Crippen LogP contribution >= 0.6 is 23.2 Å². The van der Waals surface area contributed by atoms with Crippen molar-refractivity contribution in [1.82, 2.24) is 20.1 Å². The SMILES string of the molecule is O=C(c1ccc(Cl)nc1)N(Cc1nnc(-c2ccccc2Cl)o1)C1CC1. The van der Waals surface area contributed by atoms with Gasteiger partial charge in [0.25, 0.3) is 5.91 Å². The maximum absolute atomic E-state index is 12.8. The summed E-state index contributed by atoms with van der Waals surface area (Å²) in [4.78, 5) is 18.5. The van der Waals surface area contributed by atoms with Crippen molar-refractivity contribution in [2.45, 2.75) is 25.4 Å². The van der Waals surface area contributed by atoms with Gasteiger partial charge in [0.15, 0.2) is 0 Å². The maximum Gasteiger partial charge on any atom is 0.256 e. The van der Waals surface area contributed by atoms with Gasteiger partial charge in [-0.15, -0.1) is 10.2 Å². The zero-order chi connectivity index (χ0) is 18.1. The molecule has 0 unspecified atom stereocenters. The number of hydrogen-bond donors (Lipinski definition) is 0. The molecule has 2 aromatic heterocycles. The minimum absolute atomic E-state index is 0.130. The molecule has 3 aromatic rings. The Balaban J connectivity index is 1.55. The molecule has 1 aliphatic carbocycles. The number of nitrogens with zero attached hydrogens (tertiary/aromatic N) is 4. The lowest BCUT2D eigenvalue weighted by Gasteiger charge is -2.20. The summed E-state index contributed by atoms with van der Waals surface area (Å²) in [6, 6.07) is 10.7. The molecule has 1 amide bonds. The van der Waals surface area contributed by atoms with Crippen LogP contribution < -0.4 is 0 Å². The first kappa shape index (κ1) is 17.0. The molecule has 8 heteroatoms. The second kappa shape index (κ2) is 7.05. The molecule has 26 heavy (non-hydrogen) atoms. The highest BCUT2D eigenvalue weighted by atomic mass is 35.5. The summed E-state index contributed by atoms with van der Waals surface area (Å²) < 4.78 is 5.73. The lowest BCUT2D eigenvalue weighted by Crippen LogP contribution is -2.32. The van der Waals surface area contributed by atoms with Gasteiger partial charge >= 0.3 is 0 Å². The second-order valence-corrected chi connectivity index (χ2v) is 6.81. The number of amides is 1. The van der Waals surface area contributed by atoms with Crippen molar-refractivity contribution in [2.24, 2.45) is 0 Å². The molecule has 6 nitrogen and oxygen atoms in total. The van der Waals surface area contributed by atoms with Crippen molar-refractivity contribution >= 4 is 29.1 Å². The zero-order valence-electron chi connectivity index (χ0n) is 13.6. The fourth-order valence-corrected chi connectivity index (χ4v) is 2.96. The van der Waals surface area contributed by atoms with Crippen molar-refractivity contribution < 1.29 is 9.21 Å². The van der Waals surface area contributed by atoms with Gasteiger partial charge in [-0.25, -0.2) is 4.98 Å². The largest absolute Gasteiger partial charge is 0.419 e. The monoisotopic (exact) mass is 388 g/mol. The highest BCUT2D eigenvalue weighted by Crippen LogP contribution is 2.31. The average Bonchev–Trinajstić information content (AvgIpc) is 3.38. The van der Waals surface area contributed by atoms with Crippen LogP contribution in [-0.4, -0.2) is 32.0 Å². The molecule has 1 aliphatic rings. The zero-order valence-corrected chi connectivity index (χ0v) is 15.1. The fourth-order valence-electron chi connectivity index (χ4n) is 2.63. The van der Waals surface area contributed by atoms with Crippen molar-refractivity contribution in [3.05, 3.63) is 64.2 Å². The van der Waals surface area contributed by atoms with Crippen LogP contribution in [0, 0.1) is 0 Å². The number of carbonyl (C=O) groups is 1. The van der Waals surface area contributed by atoms with Crippen LogP contribution in [0.25, 0.3) is 11.5 Å². The van der Waals surface area contributed by atoms with Crippen LogP contribution in [0.3, 0.4) is 0 Å². The summed E-state index contributed by atoms with van der Waals surface area (Å²) in [7, 11) is 0. The van der Waals surface area contributed by atoms with Gasteiger partial charge < -0.3 is 9.32 Å². The number of aromatic nitrogens is 3. The third-order valence-corrected chi connectivity index (χ3v) is 4.65. The summed E-state index contributed by atoms with van der Waals surface area (Å²) in [6.45, 7) is 0.240. The Hall–Kier alpha value is -2.44. The van der Waals surface area contributed by atoms with Gasteiger partial charge in [0.2, 0.25) is 11.8 Å². The topological polar surface area (TPSA) is 72.1 Å². The van der Waals surface area contributed by atoms with Gasteiger partial charge in [-0.3, -0.25) is 4.79 Å². The molecule has 0 spiro atoms. The van der Waals surface area contributed by atoms with Gasteiger partial charge in [-0.2, -0.15) is 0 Å². The molecule has 1 fully saturated rings. The lowest BCUT2D eigenvalue weighted by molar-refractivity contribution is 0.0714. The van der Waals surface area contributed by atoms with Crippen molar-refractivity contribution in [3.63, 3.8) is 0 Å². The van der Waals surface area contributed by atoms with E-state index in [0.717, 1.165) is 12.8 Å². The number of pyridine rings is 1. The normalized spacial score (nSPS) is 13.6. The van der Waals surface area contributed by atoms with Crippen LogP contribution in [-0.2, 0) is 6.54 Å². The molecular formula is C18H14Cl2N4O2. The van der Waals surface area contributed by atoms with E-state index in [1.165, 1.54) is 6.20 Å². The standard InChI is InChI=1S/C18H14Cl2N4O2/c19-14-4-2-1-3-13(14)17-23-22-16(26-17)10-24(12-6-7-12)18(25)11-5-8-15(20)21-9-11/h1-5,8-9,12H,6-7,10H2. The van der Waals surface area contributed by atoms with E-state index in [1.54, 1.807) is 23.1 Å². The molecule has 2 heterocycles. The van der Waals surface area contributed by atoms with Crippen LogP contribution in [0.4, 0.5) is 0 Å². The van der Waals surface area contributed by atoms with E-state index in [1.807, 2.05) is 18.2 Å². The molecular weight excluding hydrogens is 375 g/mol. The van der Waals surface area contributed by atoms with Crippen LogP contribution in [0.15, 0.2) is 47.0 Å². The summed E-state index contributed by atoms with van der Waals surface area (Å²) in [5.74, 6) is 0.568. The minimum atomic E-state index is -0.130. The Kier molecular flexibility index (Phi) is 4.61. The first-order valence-corrected chi connectivity index (χ1v) is 8.87. The molecule has 0 saturated heterocycles. The number of hydrogen-bond acceptors (Lipinski definition) is 5. The summed E-state index contributed by atoms with van der Waals surface area (Å²) in [5, 5.41) is 9.00. The molecule has 0 N–H and O–H groups in total. The van der Waals surface area contributed by atoms with E-state index >= 15 is 0 Å². The molecule has 1 saturated carbocycles. The van der Waals surface area contributed by atoms with Crippen LogP contribution in [0.5, 0.6) is 0 Å². The number of carbonyl (C=O) groups excluding carboxylic acids is 1. The molecule has 0 radical (unpaired) electrons. The van der Waals surface area contributed by atoms with Crippen LogP contribution in [0.1, 0.15) is 29.1 Å². The van der Waals surface area contributed by atoms with E-state index in [9.17, 15) is 4.79 Å². The predicted molar refractivity (Wildman–Crippen MR) is 96.9 cm³/mol. The van der Waals surface area contributed by atoms with E-state index in [-0.39, 0.29) is 18.5 Å². The van der Waals surface area contributed by atoms with Gasteiger partial charge in [0.1, 0.15) is 5.15 Å². The predicted octanol–water partition coefficient (Wildman–Crippen LogP) is 4.24. The molecule has 0 bridgehead atoms. The summed E-state index contributed by atoms with van der Waals surface area (Å²) >= 11 is 12.0. The Labute approximate surface area is 159 Å². The fraction of sp³-hybridized carbons (Fsp3) is 0.222. The van der Waals surface area contributed by atoms with E-state index in [4.69, 9.17) is 27.6 Å². The third kappa shape index (κ3) is 3.57. The van der Waals surface area contributed by atoms with Crippen molar-refractivity contribution in [1.29, 1.82) is 0 Å². The van der Waals surface area contributed by atoms with E-state index in [0.29, 0.717) is 33.1 Å². The molecule has 0 aliphatic heterocycles. The van der Waals surface area contributed by atoms with Gasteiger partial charge in [0.05, 0.1) is 22.7 Å². The summed E-state index contributed by atoms with van der Waals surface area (Å²) in [5.41, 5.74) is 1.14. The molecule has 1 aromatic carbocycles. The van der Waals surface area contributed by atoms with Crippen molar-refractivity contribution in [2.75, 3.05) is 0 Å². The minimum Gasteiger partial charge on any atom is -0.419 e. The smallest absolute Gasteiger partial charge is 0.256 e. The maximum atomic E-state index is 12.8. The quantitative estimate of drug-likeness (QED) is 0.611. The Bertz CT molecular complexity index is 938. The first-order chi connectivity index (χ1) is 12.6. The Morgan fingerprint density at radius 1 is 1.15 bits per heavy atom. The number of benzene rings is 1. The van der Waals surface area contributed by atoms with E-state index < -0.39 is 0 Å². The van der Waals surface area contributed by atoms with E-state index in [2.05, 4.69) is 15.2 Å². The molecule has 4 rings (SSSR count).